The van der Waals surface area contributed by atoms with Gasteiger partial charge in [0.25, 0.3) is 0 Å². The standard InChI is InChI=1S/C23H20ClN3S/c1-14-6-9-18(24)11-20(14)27-22-21-19(12-28-23(21)26-13-25-22)17-8-7-15-4-2-3-5-16(15)10-17/h6-13H,2-5H2,1H3,(H,25,26,27). The van der Waals surface area contributed by atoms with Crippen LogP contribution in [0.4, 0.5) is 11.5 Å². The monoisotopic (exact) mass is 405 g/mol. The second-order valence-corrected chi connectivity index (χ2v) is 8.62. The van der Waals surface area contributed by atoms with Crippen LogP contribution in [0.3, 0.4) is 0 Å². The number of fused-ring (bicyclic) bond motifs is 2. The van der Waals surface area contributed by atoms with E-state index in [9.17, 15) is 0 Å². The van der Waals surface area contributed by atoms with Crippen LogP contribution in [0, 0.1) is 6.92 Å². The lowest BCUT2D eigenvalue weighted by Gasteiger charge is -2.17. The second kappa shape index (κ2) is 7.19. The van der Waals surface area contributed by atoms with E-state index >= 15 is 0 Å². The van der Waals surface area contributed by atoms with Crippen LogP contribution in [0.25, 0.3) is 21.3 Å². The van der Waals surface area contributed by atoms with Gasteiger partial charge in [-0.2, -0.15) is 0 Å². The molecule has 0 saturated heterocycles. The van der Waals surface area contributed by atoms with E-state index in [-0.39, 0.29) is 0 Å². The van der Waals surface area contributed by atoms with Crippen LogP contribution in [0.5, 0.6) is 0 Å². The van der Waals surface area contributed by atoms with Crippen molar-refractivity contribution in [2.75, 3.05) is 5.32 Å². The Bertz CT molecular complexity index is 1180. The normalized spacial score (nSPS) is 13.5. The molecule has 0 spiro atoms. The molecule has 0 fully saturated rings. The number of halogens is 1. The molecule has 0 unspecified atom stereocenters. The van der Waals surface area contributed by atoms with Gasteiger partial charge in [-0.1, -0.05) is 35.9 Å². The minimum atomic E-state index is 0.707. The molecule has 28 heavy (non-hydrogen) atoms. The second-order valence-electron chi connectivity index (χ2n) is 7.33. The van der Waals surface area contributed by atoms with Gasteiger partial charge in [0.15, 0.2) is 0 Å². The Hall–Kier alpha value is -2.43. The summed E-state index contributed by atoms with van der Waals surface area (Å²) in [5, 5.41) is 7.46. The van der Waals surface area contributed by atoms with Gasteiger partial charge < -0.3 is 5.32 Å². The molecule has 1 aliphatic carbocycles. The van der Waals surface area contributed by atoms with Crippen molar-refractivity contribution in [3.63, 3.8) is 0 Å². The van der Waals surface area contributed by atoms with Crippen molar-refractivity contribution in [2.45, 2.75) is 32.6 Å². The highest BCUT2D eigenvalue weighted by atomic mass is 35.5. The summed E-state index contributed by atoms with van der Waals surface area (Å²) in [6, 6.07) is 12.8. The summed E-state index contributed by atoms with van der Waals surface area (Å²) in [6.07, 6.45) is 6.58. The van der Waals surface area contributed by atoms with E-state index in [4.69, 9.17) is 11.6 Å². The van der Waals surface area contributed by atoms with Gasteiger partial charge in [-0.25, -0.2) is 9.97 Å². The molecular formula is C23H20ClN3S. The average molecular weight is 406 g/mol. The molecule has 5 heteroatoms. The minimum Gasteiger partial charge on any atom is -0.339 e. The lowest BCUT2D eigenvalue weighted by Crippen LogP contribution is -2.02. The van der Waals surface area contributed by atoms with E-state index in [0.717, 1.165) is 27.3 Å². The summed E-state index contributed by atoms with van der Waals surface area (Å²) < 4.78 is 0. The van der Waals surface area contributed by atoms with Gasteiger partial charge in [-0.05, 0) is 67.0 Å². The van der Waals surface area contributed by atoms with Crippen molar-refractivity contribution < 1.29 is 0 Å². The Morgan fingerprint density at radius 2 is 1.86 bits per heavy atom. The van der Waals surface area contributed by atoms with Gasteiger partial charge in [0, 0.05) is 21.7 Å². The molecule has 2 heterocycles. The SMILES string of the molecule is Cc1ccc(Cl)cc1Nc1ncnc2scc(-c3ccc4c(c3)CCCC4)c12. The van der Waals surface area contributed by atoms with E-state index in [0.29, 0.717) is 5.02 Å². The van der Waals surface area contributed by atoms with Crippen LogP contribution in [0.2, 0.25) is 5.02 Å². The molecule has 0 aliphatic heterocycles. The van der Waals surface area contributed by atoms with Crippen molar-refractivity contribution in [1.29, 1.82) is 0 Å². The van der Waals surface area contributed by atoms with E-state index in [1.807, 2.05) is 18.2 Å². The van der Waals surface area contributed by atoms with Crippen molar-refractivity contribution in [2.24, 2.45) is 0 Å². The maximum Gasteiger partial charge on any atom is 0.143 e. The molecule has 4 aromatic rings. The molecule has 2 aromatic heterocycles. The third kappa shape index (κ3) is 3.17. The van der Waals surface area contributed by atoms with E-state index in [1.165, 1.54) is 47.9 Å². The molecule has 3 nitrogen and oxygen atoms in total. The maximum absolute atomic E-state index is 6.20. The Morgan fingerprint density at radius 3 is 2.75 bits per heavy atom. The largest absolute Gasteiger partial charge is 0.339 e. The van der Waals surface area contributed by atoms with Crippen LogP contribution >= 0.6 is 22.9 Å². The van der Waals surface area contributed by atoms with Crippen molar-refractivity contribution in [3.05, 3.63) is 69.8 Å². The zero-order chi connectivity index (χ0) is 19.1. The molecule has 0 radical (unpaired) electrons. The minimum absolute atomic E-state index is 0.707. The van der Waals surface area contributed by atoms with Crippen LogP contribution < -0.4 is 5.32 Å². The van der Waals surface area contributed by atoms with Gasteiger partial charge in [-0.3, -0.25) is 0 Å². The van der Waals surface area contributed by atoms with Gasteiger partial charge in [0.05, 0.1) is 5.39 Å². The summed E-state index contributed by atoms with van der Waals surface area (Å²) in [6.45, 7) is 2.06. The highest BCUT2D eigenvalue weighted by Crippen LogP contribution is 2.39. The first-order valence-corrected chi connectivity index (χ1v) is 10.8. The third-order valence-electron chi connectivity index (χ3n) is 5.48. The quantitative estimate of drug-likeness (QED) is 0.401. The van der Waals surface area contributed by atoms with Crippen LogP contribution in [-0.2, 0) is 12.8 Å². The Morgan fingerprint density at radius 1 is 1.00 bits per heavy atom. The molecule has 1 aliphatic rings. The molecule has 0 amide bonds. The Labute approximate surface area is 173 Å². The zero-order valence-corrected chi connectivity index (χ0v) is 17.2. The Balaban J connectivity index is 1.62. The number of benzene rings is 2. The number of rotatable bonds is 3. The van der Waals surface area contributed by atoms with Gasteiger partial charge >= 0.3 is 0 Å². The van der Waals surface area contributed by atoms with Gasteiger partial charge in [0.2, 0.25) is 0 Å². The highest BCUT2D eigenvalue weighted by Gasteiger charge is 2.16. The first-order chi connectivity index (χ1) is 13.7. The number of hydrogen-bond acceptors (Lipinski definition) is 4. The van der Waals surface area contributed by atoms with Crippen LogP contribution in [0.1, 0.15) is 29.5 Å². The number of thiophene rings is 1. The average Bonchev–Trinajstić information content (AvgIpc) is 3.15. The number of anilines is 2. The lowest BCUT2D eigenvalue weighted by molar-refractivity contribution is 0.686. The van der Waals surface area contributed by atoms with Crippen LogP contribution in [-0.4, -0.2) is 9.97 Å². The molecule has 140 valence electrons. The molecule has 0 saturated carbocycles. The number of aromatic nitrogens is 2. The van der Waals surface area contributed by atoms with Crippen molar-refractivity contribution in [1.82, 2.24) is 9.97 Å². The fraction of sp³-hybridized carbons (Fsp3) is 0.217. The number of nitrogens with zero attached hydrogens (tertiary/aromatic N) is 2. The molecule has 5 rings (SSSR count). The summed E-state index contributed by atoms with van der Waals surface area (Å²) in [4.78, 5) is 10.0. The van der Waals surface area contributed by atoms with Gasteiger partial charge in [-0.15, -0.1) is 11.3 Å². The maximum atomic E-state index is 6.20. The lowest BCUT2D eigenvalue weighted by atomic mass is 9.89. The van der Waals surface area contributed by atoms with Crippen molar-refractivity contribution in [3.8, 4) is 11.1 Å². The highest BCUT2D eigenvalue weighted by molar-refractivity contribution is 7.17. The first kappa shape index (κ1) is 17.7. The van der Waals surface area contributed by atoms with Gasteiger partial charge in [0.1, 0.15) is 17.0 Å². The van der Waals surface area contributed by atoms with Crippen LogP contribution in [0.15, 0.2) is 48.1 Å². The topological polar surface area (TPSA) is 37.8 Å². The van der Waals surface area contributed by atoms with E-state index in [2.05, 4.69) is 45.8 Å². The molecular weight excluding hydrogens is 386 g/mol. The summed E-state index contributed by atoms with van der Waals surface area (Å²) in [5.74, 6) is 0.823. The summed E-state index contributed by atoms with van der Waals surface area (Å²) in [5.41, 5.74) is 7.51. The van der Waals surface area contributed by atoms with E-state index in [1.54, 1.807) is 17.7 Å². The summed E-state index contributed by atoms with van der Waals surface area (Å²) in [7, 11) is 0. The van der Waals surface area contributed by atoms with E-state index < -0.39 is 0 Å². The zero-order valence-electron chi connectivity index (χ0n) is 15.6. The molecule has 0 atom stereocenters. The molecule has 2 aromatic carbocycles. The molecule has 0 bridgehead atoms. The predicted octanol–water partition coefficient (Wildman–Crippen LogP) is 6.94. The fourth-order valence-corrected chi connectivity index (χ4v) is 5.03. The number of aryl methyl sites for hydroxylation is 3. The predicted molar refractivity (Wildman–Crippen MR) is 119 cm³/mol. The number of hydrogen-bond donors (Lipinski definition) is 1. The summed E-state index contributed by atoms with van der Waals surface area (Å²) >= 11 is 7.87. The van der Waals surface area contributed by atoms with Crippen molar-refractivity contribution >= 4 is 44.7 Å². The number of nitrogens with one attached hydrogen (secondary N) is 1. The first-order valence-electron chi connectivity index (χ1n) is 9.56. The third-order valence-corrected chi connectivity index (χ3v) is 6.60. The smallest absolute Gasteiger partial charge is 0.143 e. The Kier molecular flexibility index (Phi) is 4.53. The molecule has 1 N–H and O–H groups in total. The fourth-order valence-electron chi connectivity index (χ4n) is 3.94.